The molecule has 0 radical (unpaired) electrons. The molecular weight excluding hydrogens is 277 g/mol. The number of aliphatic carboxylic acids is 1. The molecule has 0 unspecified atom stereocenters. The maximum Gasteiger partial charge on any atom is 0.303 e. The van der Waals surface area contributed by atoms with E-state index in [0.29, 0.717) is 19.5 Å². The fourth-order valence-electron chi connectivity index (χ4n) is 1.85. The summed E-state index contributed by atoms with van der Waals surface area (Å²) in [7, 11) is 0. The smallest absolute Gasteiger partial charge is 0.303 e. The van der Waals surface area contributed by atoms with Gasteiger partial charge in [0.05, 0.1) is 0 Å². The van der Waals surface area contributed by atoms with Crippen LogP contribution >= 0.6 is 11.3 Å². The lowest BCUT2D eigenvalue weighted by atomic mass is 10.2. The van der Waals surface area contributed by atoms with Crippen LogP contribution in [-0.2, 0) is 11.3 Å². The Bertz CT molecular complexity index is 583. The van der Waals surface area contributed by atoms with Crippen LogP contribution in [0.1, 0.15) is 17.7 Å². The third kappa shape index (κ3) is 4.43. The second-order valence-corrected chi connectivity index (χ2v) is 5.62. The van der Waals surface area contributed by atoms with Gasteiger partial charge in [0.1, 0.15) is 5.82 Å². The molecule has 2 rings (SSSR count). The van der Waals surface area contributed by atoms with E-state index in [0.717, 1.165) is 15.3 Å². The van der Waals surface area contributed by atoms with Crippen molar-refractivity contribution in [1.29, 1.82) is 0 Å². The Kier molecular flexibility index (Phi) is 5.26. The minimum Gasteiger partial charge on any atom is -0.481 e. The number of carboxylic acids is 1. The van der Waals surface area contributed by atoms with Gasteiger partial charge in [-0.3, -0.25) is 4.79 Å². The molecule has 3 nitrogen and oxygen atoms in total. The Morgan fingerprint density at radius 2 is 2.15 bits per heavy atom. The van der Waals surface area contributed by atoms with E-state index in [-0.39, 0.29) is 12.2 Å². The van der Waals surface area contributed by atoms with Gasteiger partial charge in [-0.05, 0) is 42.8 Å². The van der Waals surface area contributed by atoms with Crippen molar-refractivity contribution in [2.45, 2.75) is 19.4 Å². The van der Waals surface area contributed by atoms with Gasteiger partial charge in [-0.15, -0.1) is 11.3 Å². The quantitative estimate of drug-likeness (QED) is 0.768. The van der Waals surface area contributed by atoms with E-state index in [1.165, 1.54) is 12.1 Å². The molecule has 1 aromatic heterocycles. The van der Waals surface area contributed by atoms with Gasteiger partial charge in [-0.1, -0.05) is 12.1 Å². The van der Waals surface area contributed by atoms with Gasteiger partial charge < -0.3 is 10.4 Å². The second-order valence-electron chi connectivity index (χ2n) is 4.45. The first-order chi connectivity index (χ1) is 9.65. The predicted octanol–water partition coefficient (Wildman–Crippen LogP) is 3.51. The number of carbonyl (C=O) groups is 1. The number of halogens is 1. The van der Waals surface area contributed by atoms with Crippen LogP contribution in [0.25, 0.3) is 10.4 Å². The minimum absolute atomic E-state index is 0.186. The van der Waals surface area contributed by atoms with Crippen molar-refractivity contribution in [3.8, 4) is 10.4 Å². The summed E-state index contributed by atoms with van der Waals surface area (Å²) in [5, 5.41) is 11.7. The first kappa shape index (κ1) is 14.7. The number of rotatable bonds is 7. The van der Waals surface area contributed by atoms with Gasteiger partial charge >= 0.3 is 5.97 Å². The zero-order valence-electron chi connectivity index (χ0n) is 10.9. The second kappa shape index (κ2) is 7.17. The highest BCUT2D eigenvalue weighted by molar-refractivity contribution is 7.15. The van der Waals surface area contributed by atoms with Crippen molar-refractivity contribution in [1.82, 2.24) is 5.32 Å². The van der Waals surface area contributed by atoms with Crippen molar-refractivity contribution in [2.24, 2.45) is 0 Å². The Labute approximate surface area is 121 Å². The van der Waals surface area contributed by atoms with Crippen LogP contribution in [0.3, 0.4) is 0 Å². The topological polar surface area (TPSA) is 49.3 Å². The van der Waals surface area contributed by atoms with Gasteiger partial charge in [-0.2, -0.15) is 0 Å². The molecule has 0 aliphatic heterocycles. The highest BCUT2D eigenvalue weighted by Crippen LogP contribution is 2.28. The van der Waals surface area contributed by atoms with E-state index in [9.17, 15) is 9.18 Å². The lowest BCUT2D eigenvalue weighted by Gasteiger charge is -2.01. The molecule has 0 saturated carbocycles. The zero-order chi connectivity index (χ0) is 14.4. The number of carboxylic acid groups (broad SMARTS) is 1. The zero-order valence-corrected chi connectivity index (χ0v) is 11.8. The Hall–Kier alpha value is -1.72. The summed E-state index contributed by atoms with van der Waals surface area (Å²) in [5.74, 6) is -0.999. The first-order valence-corrected chi connectivity index (χ1v) is 7.24. The monoisotopic (exact) mass is 293 g/mol. The number of benzene rings is 1. The molecule has 0 fully saturated rings. The number of nitrogens with one attached hydrogen (secondary N) is 1. The fourth-order valence-corrected chi connectivity index (χ4v) is 2.82. The van der Waals surface area contributed by atoms with Gasteiger partial charge in [0, 0.05) is 22.7 Å². The molecular formula is C15H16FNO2S. The predicted molar refractivity (Wildman–Crippen MR) is 78.3 cm³/mol. The molecule has 0 saturated heterocycles. The lowest BCUT2D eigenvalue weighted by molar-refractivity contribution is -0.137. The van der Waals surface area contributed by atoms with E-state index in [2.05, 4.69) is 5.32 Å². The Morgan fingerprint density at radius 3 is 2.90 bits per heavy atom. The first-order valence-electron chi connectivity index (χ1n) is 6.42. The molecule has 0 spiro atoms. The van der Waals surface area contributed by atoms with E-state index >= 15 is 0 Å². The molecule has 0 amide bonds. The summed E-state index contributed by atoms with van der Waals surface area (Å²) in [6.45, 7) is 1.39. The van der Waals surface area contributed by atoms with Crippen molar-refractivity contribution in [3.05, 3.63) is 47.1 Å². The highest BCUT2D eigenvalue weighted by Gasteiger charge is 2.04. The standard InChI is InChI=1S/C15H16FNO2S/c16-12-4-1-3-11(9-12)14-7-6-13(20-14)10-17-8-2-5-15(18)19/h1,3-4,6-7,9,17H,2,5,8,10H2,(H,18,19). The SMILES string of the molecule is O=C(O)CCCNCc1ccc(-c2cccc(F)c2)s1. The van der Waals surface area contributed by atoms with Crippen LogP contribution in [0.15, 0.2) is 36.4 Å². The summed E-state index contributed by atoms with van der Waals surface area (Å²) in [5.41, 5.74) is 0.882. The van der Waals surface area contributed by atoms with Crippen LogP contribution in [0.4, 0.5) is 4.39 Å². The third-order valence-corrected chi connectivity index (χ3v) is 3.95. The van der Waals surface area contributed by atoms with Crippen molar-refractivity contribution >= 4 is 17.3 Å². The maximum absolute atomic E-state index is 13.2. The third-order valence-electron chi connectivity index (χ3n) is 2.81. The molecule has 106 valence electrons. The molecule has 2 aromatic rings. The number of thiophene rings is 1. The van der Waals surface area contributed by atoms with Crippen LogP contribution in [0.2, 0.25) is 0 Å². The summed E-state index contributed by atoms with van der Waals surface area (Å²) >= 11 is 1.61. The number of hydrogen-bond donors (Lipinski definition) is 2. The van der Waals surface area contributed by atoms with Crippen molar-refractivity contribution in [2.75, 3.05) is 6.54 Å². The van der Waals surface area contributed by atoms with E-state index in [1.54, 1.807) is 17.4 Å². The molecule has 0 aliphatic carbocycles. The molecule has 0 aliphatic rings. The normalized spacial score (nSPS) is 10.7. The van der Waals surface area contributed by atoms with Crippen LogP contribution in [-0.4, -0.2) is 17.6 Å². The summed E-state index contributed by atoms with van der Waals surface area (Å²) in [4.78, 5) is 12.6. The van der Waals surface area contributed by atoms with Crippen molar-refractivity contribution < 1.29 is 14.3 Å². The Morgan fingerprint density at radius 1 is 1.30 bits per heavy atom. The molecule has 1 aromatic carbocycles. The van der Waals surface area contributed by atoms with Crippen LogP contribution in [0.5, 0.6) is 0 Å². The van der Waals surface area contributed by atoms with Gasteiger partial charge in [0.2, 0.25) is 0 Å². The summed E-state index contributed by atoms with van der Waals surface area (Å²) in [6.07, 6.45) is 0.809. The van der Waals surface area contributed by atoms with Crippen molar-refractivity contribution in [3.63, 3.8) is 0 Å². The molecule has 0 atom stereocenters. The largest absolute Gasteiger partial charge is 0.481 e. The average molecular weight is 293 g/mol. The van der Waals surface area contributed by atoms with Gasteiger partial charge in [0.15, 0.2) is 0 Å². The highest BCUT2D eigenvalue weighted by atomic mass is 32.1. The minimum atomic E-state index is -0.767. The number of hydrogen-bond acceptors (Lipinski definition) is 3. The average Bonchev–Trinajstić information content (AvgIpc) is 2.87. The van der Waals surface area contributed by atoms with Gasteiger partial charge in [-0.25, -0.2) is 4.39 Å². The maximum atomic E-state index is 13.2. The van der Waals surface area contributed by atoms with Crippen LogP contribution < -0.4 is 5.32 Å². The summed E-state index contributed by atoms with van der Waals surface area (Å²) < 4.78 is 13.2. The van der Waals surface area contributed by atoms with E-state index in [4.69, 9.17) is 5.11 Å². The molecule has 1 heterocycles. The Balaban J connectivity index is 1.85. The lowest BCUT2D eigenvalue weighted by Crippen LogP contribution is -2.14. The van der Waals surface area contributed by atoms with Crippen LogP contribution in [0, 0.1) is 5.82 Å². The summed E-state index contributed by atoms with van der Waals surface area (Å²) in [6, 6.07) is 10.5. The fraction of sp³-hybridized carbons (Fsp3) is 0.267. The van der Waals surface area contributed by atoms with E-state index < -0.39 is 5.97 Å². The molecule has 2 N–H and O–H groups in total. The molecule has 20 heavy (non-hydrogen) atoms. The van der Waals surface area contributed by atoms with Gasteiger partial charge in [0.25, 0.3) is 0 Å². The van der Waals surface area contributed by atoms with E-state index in [1.807, 2.05) is 18.2 Å². The molecule has 5 heteroatoms. The molecule has 0 bridgehead atoms.